The number of aryl methyl sites for hydroxylation is 1. The fourth-order valence-electron chi connectivity index (χ4n) is 9.83. The number of aliphatic hydroxyl groups is 2. The van der Waals surface area contributed by atoms with E-state index in [-0.39, 0.29) is 52.5 Å². The van der Waals surface area contributed by atoms with Crippen LogP contribution in [0.1, 0.15) is 111 Å². The fraction of sp³-hybridized carbons (Fsp3) is 0.806. The molecule has 4 aliphatic rings. The maximum Gasteiger partial charge on any atom is 0.421 e. The Kier molecular flexibility index (Phi) is 10.2. The van der Waals surface area contributed by atoms with Crippen molar-refractivity contribution in [2.75, 3.05) is 6.61 Å². The lowest BCUT2D eigenvalue weighted by atomic mass is 9.52. The number of fused-ring (bicyclic) bond motifs is 4. The summed E-state index contributed by atoms with van der Waals surface area (Å²) in [6.07, 6.45) is 8.46. The summed E-state index contributed by atoms with van der Waals surface area (Å²) in [5.41, 5.74) is 0.543. The number of amides is 1. The number of ether oxygens (including phenoxy) is 2. The van der Waals surface area contributed by atoms with Gasteiger partial charge >= 0.3 is 6.09 Å². The van der Waals surface area contributed by atoms with Gasteiger partial charge in [-0.2, -0.15) is 0 Å². The topological polar surface area (TPSA) is 122 Å². The predicted octanol–water partition coefficient (Wildman–Crippen LogP) is 6.86. The number of carbonyl (C=O) groups is 1. The molecule has 0 saturated heterocycles. The third-order valence-electron chi connectivity index (χ3n) is 12.5. The van der Waals surface area contributed by atoms with Crippen molar-refractivity contribution in [3.05, 3.63) is 23.8 Å². The average molecular weight is 648 g/mol. The maximum absolute atomic E-state index is 13.1. The van der Waals surface area contributed by atoms with Crippen molar-refractivity contribution in [2.45, 2.75) is 135 Å². The van der Waals surface area contributed by atoms with Crippen LogP contribution < -0.4 is 9.46 Å². The molecule has 5 rings (SSSR count). The third-order valence-corrected chi connectivity index (χ3v) is 13.8. The molecular formula is C36H57NO7S. The Morgan fingerprint density at radius 2 is 1.80 bits per heavy atom. The number of hydrogen-bond donors (Lipinski definition) is 3. The van der Waals surface area contributed by atoms with E-state index in [4.69, 9.17) is 9.47 Å². The van der Waals surface area contributed by atoms with Gasteiger partial charge in [-0.3, -0.25) is 0 Å². The van der Waals surface area contributed by atoms with Crippen molar-refractivity contribution in [1.29, 1.82) is 0 Å². The van der Waals surface area contributed by atoms with Gasteiger partial charge in [0, 0.05) is 0 Å². The lowest BCUT2D eigenvalue weighted by molar-refractivity contribution is -0.102. The van der Waals surface area contributed by atoms with E-state index in [1.165, 1.54) is 6.07 Å². The Labute approximate surface area is 271 Å². The van der Waals surface area contributed by atoms with Gasteiger partial charge in [0.1, 0.15) is 11.4 Å². The van der Waals surface area contributed by atoms with E-state index in [1.54, 1.807) is 12.1 Å². The molecule has 0 radical (unpaired) electrons. The molecule has 9 heteroatoms. The number of carbonyl (C=O) groups excluding carboxylic acids is 1. The van der Waals surface area contributed by atoms with Crippen molar-refractivity contribution in [1.82, 2.24) is 4.72 Å². The van der Waals surface area contributed by atoms with Crippen LogP contribution in [0.2, 0.25) is 0 Å². The number of benzene rings is 1. The van der Waals surface area contributed by atoms with Gasteiger partial charge in [-0.25, -0.2) is 17.9 Å². The summed E-state index contributed by atoms with van der Waals surface area (Å²) in [5.74, 6) is 2.78. The minimum atomic E-state index is -4.09. The monoisotopic (exact) mass is 647 g/mol. The molecule has 254 valence electrons. The highest BCUT2D eigenvalue weighted by atomic mass is 32.2. The molecule has 1 heterocycles. The van der Waals surface area contributed by atoms with E-state index >= 15 is 0 Å². The smallest absolute Gasteiger partial charge is 0.421 e. The van der Waals surface area contributed by atoms with E-state index < -0.39 is 16.1 Å². The second kappa shape index (κ2) is 13.3. The van der Waals surface area contributed by atoms with Crippen molar-refractivity contribution in [2.24, 2.45) is 46.8 Å². The molecule has 1 aliphatic heterocycles. The summed E-state index contributed by atoms with van der Waals surface area (Å²) in [6, 6.07) is 4.71. The Balaban J connectivity index is 1.23. The Morgan fingerprint density at radius 1 is 1.07 bits per heavy atom. The van der Waals surface area contributed by atoms with Crippen LogP contribution in [0, 0.1) is 46.8 Å². The molecule has 8 nitrogen and oxygen atoms in total. The van der Waals surface area contributed by atoms with E-state index in [0.29, 0.717) is 35.8 Å². The summed E-state index contributed by atoms with van der Waals surface area (Å²) in [7, 11) is -4.09. The zero-order chi connectivity index (χ0) is 32.7. The first-order chi connectivity index (χ1) is 21.1. The van der Waals surface area contributed by atoms with Crippen molar-refractivity contribution >= 4 is 16.1 Å². The molecule has 1 amide bonds. The molecule has 0 aromatic heterocycles. The molecule has 3 saturated carbocycles. The van der Waals surface area contributed by atoms with E-state index in [2.05, 4.69) is 32.4 Å². The van der Waals surface area contributed by atoms with Crippen LogP contribution in [-0.4, -0.2) is 49.1 Å². The van der Waals surface area contributed by atoms with E-state index in [1.807, 2.05) is 13.8 Å². The number of rotatable bonds is 6. The van der Waals surface area contributed by atoms with Gasteiger partial charge in [-0.1, -0.05) is 34.1 Å². The SMILES string of the molecule is CC[C@@H]1CC[C@H](O)CCC(C)[C@H]2CCC3(C)C([C@H](C)COC(=O)NS(=O)(=O)c4ccc5c(c4)CCC(C)(C)O5)CC[C@H]3[C@@H]2[C@@H]1O. The number of nitrogens with one attached hydrogen (secondary N) is 1. The quantitative estimate of drug-likeness (QED) is 0.308. The molecule has 3 N–H and O–H groups in total. The van der Waals surface area contributed by atoms with Gasteiger partial charge in [0.05, 0.1) is 23.7 Å². The van der Waals surface area contributed by atoms with Crippen molar-refractivity contribution in [3.63, 3.8) is 0 Å². The zero-order valence-corrected chi connectivity index (χ0v) is 29.1. The van der Waals surface area contributed by atoms with Crippen LogP contribution in [0.4, 0.5) is 4.79 Å². The van der Waals surface area contributed by atoms with Crippen LogP contribution in [0.25, 0.3) is 0 Å². The van der Waals surface area contributed by atoms with Crippen LogP contribution in [0.15, 0.2) is 23.1 Å². The molecular weight excluding hydrogens is 590 g/mol. The van der Waals surface area contributed by atoms with Crippen molar-refractivity contribution in [3.8, 4) is 5.75 Å². The van der Waals surface area contributed by atoms with Gasteiger partial charge in [0.25, 0.3) is 10.0 Å². The zero-order valence-electron chi connectivity index (χ0n) is 28.3. The summed E-state index contributed by atoms with van der Waals surface area (Å²) in [4.78, 5) is 12.8. The van der Waals surface area contributed by atoms with E-state index in [9.17, 15) is 23.4 Å². The molecule has 1 aromatic carbocycles. The summed E-state index contributed by atoms with van der Waals surface area (Å²) in [5, 5.41) is 22.5. The van der Waals surface area contributed by atoms with Gasteiger partial charge in [0.2, 0.25) is 0 Å². The number of aliphatic hydroxyl groups excluding tert-OH is 2. The highest BCUT2D eigenvalue weighted by molar-refractivity contribution is 7.90. The second-order valence-corrected chi connectivity index (χ2v) is 17.5. The lowest BCUT2D eigenvalue weighted by Crippen LogP contribution is -2.51. The number of sulfonamides is 1. The Hall–Kier alpha value is -1.84. The van der Waals surface area contributed by atoms with Crippen LogP contribution >= 0.6 is 0 Å². The molecule has 1 aromatic rings. The summed E-state index contributed by atoms with van der Waals surface area (Å²) in [6.45, 7) is 13.1. The molecule has 3 unspecified atom stereocenters. The minimum Gasteiger partial charge on any atom is -0.488 e. The van der Waals surface area contributed by atoms with Gasteiger partial charge in [-0.15, -0.1) is 0 Å². The third kappa shape index (κ3) is 7.20. The highest BCUT2D eigenvalue weighted by Crippen LogP contribution is 2.63. The molecule has 3 fully saturated rings. The lowest BCUT2D eigenvalue weighted by Gasteiger charge is -2.54. The first-order valence-electron chi connectivity index (χ1n) is 17.5. The standard InChI is InChI=1S/C36H57NO7S/c1-7-24-9-11-26(38)10-8-22(2)28-17-19-36(6)29(13-14-30(36)32(28)33(24)39)23(3)21-43-34(40)37-45(41,42)27-12-15-31-25(20-27)16-18-35(4,5)44-31/h12,15,20,22-24,26,28-30,32-33,38-39H,7-11,13-14,16-19,21H2,1-6H3,(H,37,40)/t22?,23-,24-,26-,28-,29?,30+,32-,33-,36?/m1/s1. The maximum atomic E-state index is 13.1. The molecule has 0 bridgehead atoms. The van der Waals surface area contributed by atoms with Crippen LogP contribution in [0.5, 0.6) is 5.75 Å². The largest absolute Gasteiger partial charge is 0.488 e. The fourth-order valence-corrected chi connectivity index (χ4v) is 10.8. The minimum absolute atomic E-state index is 0.0227. The molecule has 45 heavy (non-hydrogen) atoms. The first-order valence-corrected chi connectivity index (χ1v) is 19.0. The highest BCUT2D eigenvalue weighted by Gasteiger charge is 2.57. The number of hydrogen-bond acceptors (Lipinski definition) is 7. The Bertz CT molecular complexity index is 1310. The van der Waals surface area contributed by atoms with E-state index in [0.717, 1.165) is 69.8 Å². The normalized spacial score (nSPS) is 37.2. The Morgan fingerprint density at radius 3 is 2.53 bits per heavy atom. The first kappa shape index (κ1) is 34.5. The molecule has 0 spiro atoms. The predicted molar refractivity (Wildman–Crippen MR) is 174 cm³/mol. The summed E-state index contributed by atoms with van der Waals surface area (Å²) >= 11 is 0. The van der Waals surface area contributed by atoms with Crippen LogP contribution in [-0.2, 0) is 21.2 Å². The van der Waals surface area contributed by atoms with Gasteiger partial charge < -0.3 is 19.7 Å². The second-order valence-electron chi connectivity index (χ2n) is 15.8. The van der Waals surface area contributed by atoms with Gasteiger partial charge in [-0.05, 0) is 149 Å². The van der Waals surface area contributed by atoms with Crippen LogP contribution in [0.3, 0.4) is 0 Å². The molecule has 3 aliphatic carbocycles. The van der Waals surface area contributed by atoms with Crippen molar-refractivity contribution < 1.29 is 32.9 Å². The summed E-state index contributed by atoms with van der Waals surface area (Å²) < 4.78 is 39.8. The average Bonchev–Trinajstić information content (AvgIpc) is 3.34. The van der Waals surface area contributed by atoms with Gasteiger partial charge in [0.15, 0.2) is 0 Å². The molecule has 10 atom stereocenters.